The molecule has 0 aliphatic carbocycles. The summed E-state index contributed by atoms with van der Waals surface area (Å²) in [7, 11) is 0. The third kappa shape index (κ3) is 4.03. The number of carboxylic acids is 1. The van der Waals surface area contributed by atoms with Crippen LogP contribution in [0.3, 0.4) is 0 Å². The minimum absolute atomic E-state index is 0.0230. The number of carbonyl (C=O) groups is 2. The van der Waals surface area contributed by atoms with Crippen LogP contribution in [-0.4, -0.2) is 62.4 Å². The predicted molar refractivity (Wildman–Crippen MR) is 93.6 cm³/mol. The van der Waals surface area contributed by atoms with E-state index in [0.29, 0.717) is 42.6 Å². The van der Waals surface area contributed by atoms with E-state index in [1.165, 1.54) is 9.58 Å². The van der Waals surface area contributed by atoms with E-state index < -0.39 is 18.4 Å². The lowest BCUT2D eigenvalue weighted by molar-refractivity contribution is -0.138. The van der Waals surface area contributed by atoms with Crippen molar-refractivity contribution in [3.05, 3.63) is 40.9 Å². The quantitative estimate of drug-likeness (QED) is 0.853. The smallest absolute Gasteiger partial charge is 0.323 e. The summed E-state index contributed by atoms with van der Waals surface area (Å²) in [5, 5.41) is 14.1. The fourth-order valence-corrected chi connectivity index (χ4v) is 3.07. The van der Waals surface area contributed by atoms with Gasteiger partial charge in [-0.05, 0) is 44.0 Å². The zero-order valence-electron chi connectivity index (χ0n) is 14.3. The zero-order valence-corrected chi connectivity index (χ0v) is 15.0. The Morgan fingerprint density at radius 1 is 1.31 bits per heavy atom. The highest BCUT2D eigenvalue weighted by Gasteiger charge is 2.31. The van der Waals surface area contributed by atoms with Crippen LogP contribution in [0.25, 0.3) is 5.69 Å². The van der Waals surface area contributed by atoms with Crippen molar-refractivity contribution in [2.24, 2.45) is 0 Å². The Kier molecular flexibility index (Phi) is 5.53. The molecule has 138 valence electrons. The average Bonchev–Trinajstić information content (AvgIpc) is 3.02. The van der Waals surface area contributed by atoms with Crippen molar-refractivity contribution in [2.75, 3.05) is 19.8 Å². The number of hydrogen-bond acceptors (Lipinski definition) is 5. The van der Waals surface area contributed by atoms with Crippen LogP contribution >= 0.6 is 11.6 Å². The Hall–Kier alpha value is -2.45. The molecule has 1 aliphatic rings. The van der Waals surface area contributed by atoms with Gasteiger partial charge in [0, 0.05) is 24.3 Å². The molecular formula is C17H19ClN4O4. The fraction of sp³-hybridized carbons (Fsp3) is 0.412. The third-order valence-corrected chi connectivity index (χ3v) is 4.48. The number of carbonyl (C=O) groups excluding carboxylic acids is 1. The summed E-state index contributed by atoms with van der Waals surface area (Å²) in [6, 6.07) is 6.78. The lowest BCUT2D eigenvalue weighted by Gasteiger charge is -2.32. The summed E-state index contributed by atoms with van der Waals surface area (Å²) in [6.45, 7) is 2.34. The normalized spacial score (nSPS) is 15.0. The number of carboxylic acid groups (broad SMARTS) is 1. The van der Waals surface area contributed by atoms with E-state index >= 15 is 0 Å². The fourth-order valence-electron chi connectivity index (χ4n) is 2.95. The van der Waals surface area contributed by atoms with Gasteiger partial charge < -0.3 is 14.7 Å². The SMILES string of the molecule is Cc1nc(C(=O)N(CC(=O)O)C2CCOCC2)nn1-c1ccc(Cl)cc1. The van der Waals surface area contributed by atoms with Gasteiger partial charge in [-0.15, -0.1) is 5.10 Å². The Bertz CT molecular complexity index is 800. The molecule has 0 bridgehead atoms. The molecule has 1 N–H and O–H groups in total. The van der Waals surface area contributed by atoms with Crippen molar-refractivity contribution < 1.29 is 19.4 Å². The van der Waals surface area contributed by atoms with E-state index in [1.54, 1.807) is 31.2 Å². The van der Waals surface area contributed by atoms with Gasteiger partial charge in [0.05, 0.1) is 5.69 Å². The summed E-state index contributed by atoms with van der Waals surface area (Å²) < 4.78 is 6.83. The minimum atomic E-state index is -1.07. The first-order chi connectivity index (χ1) is 12.5. The van der Waals surface area contributed by atoms with E-state index in [9.17, 15) is 14.7 Å². The van der Waals surface area contributed by atoms with Gasteiger partial charge in [0.15, 0.2) is 0 Å². The Morgan fingerprint density at radius 3 is 2.58 bits per heavy atom. The van der Waals surface area contributed by atoms with Crippen molar-refractivity contribution in [1.82, 2.24) is 19.7 Å². The first kappa shape index (κ1) is 18.3. The van der Waals surface area contributed by atoms with Crippen molar-refractivity contribution in [2.45, 2.75) is 25.8 Å². The van der Waals surface area contributed by atoms with Crippen LogP contribution in [0.2, 0.25) is 5.02 Å². The van der Waals surface area contributed by atoms with Gasteiger partial charge in [-0.3, -0.25) is 9.59 Å². The number of aliphatic carboxylic acids is 1. The van der Waals surface area contributed by atoms with Gasteiger partial charge in [0.2, 0.25) is 5.82 Å². The van der Waals surface area contributed by atoms with Crippen LogP contribution in [-0.2, 0) is 9.53 Å². The molecular weight excluding hydrogens is 360 g/mol. The average molecular weight is 379 g/mol. The number of rotatable bonds is 5. The summed E-state index contributed by atoms with van der Waals surface area (Å²) in [5.41, 5.74) is 0.717. The third-order valence-electron chi connectivity index (χ3n) is 4.23. The van der Waals surface area contributed by atoms with Gasteiger partial charge in [0.25, 0.3) is 5.91 Å². The standard InChI is InChI=1S/C17H19ClN4O4/c1-11-19-16(20-22(11)14-4-2-12(18)3-5-14)17(25)21(10-15(23)24)13-6-8-26-9-7-13/h2-5,13H,6-10H2,1H3,(H,23,24). The highest BCUT2D eigenvalue weighted by Crippen LogP contribution is 2.18. The molecule has 26 heavy (non-hydrogen) atoms. The maximum Gasteiger partial charge on any atom is 0.323 e. The molecule has 0 unspecified atom stereocenters. The van der Waals surface area contributed by atoms with Gasteiger partial charge >= 0.3 is 5.97 Å². The van der Waals surface area contributed by atoms with Gasteiger partial charge in [-0.1, -0.05) is 11.6 Å². The molecule has 2 heterocycles. The molecule has 1 aromatic heterocycles. The molecule has 0 atom stereocenters. The first-order valence-electron chi connectivity index (χ1n) is 8.26. The van der Waals surface area contributed by atoms with Crippen LogP contribution in [0.1, 0.15) is 29.3 Å². The Morgan fingerprint density at radius 2 is 1.96 bits per heavy atom. The molecule has 1 amide bonds. The summed E-state index contributed by atoms with van der Waals surface area (Å²) >= 11 is 5.90. The second-order valence-corrected chi connectivity index (χ2v) is 6.48. The van der Waals surface area contributed by atoms with Gasteiger partial charge in [-0.2, -0.15) is 0 Å². The highest BCUT2D eigenvalue weighted by molar-refractivity contribution is 6.30. The number of hydrogen-bond donors (Lipinski definition) is 1. The molecule has 1 saturated heterocycles. The number of halogens is 1. The van der Waals surface area contributed by atoms with Gasteiger partial charge in [-0.25, -0.2) is 9.67 Å². The number of benzene rings is 1. The molecule has 9 heteroatoms. The monoisotopic (exact) mass is 378 g/mol. The maximum atomic E-state index is 12.9. The number of ether oxygens (including phenoxy) is 1. The zero-order chi connectivity index (χ0) is 18.7. The van der Waals surface area contributed by atoms with E-state index in [4.69, 9.17) is 16.3 Å². The van der Waals surface area contributed by atoms with E-state index in [-0.39, 0.29) is 11.9 Å². The molecule has 8 nitrogen and oxygen atoms in total. The van der Waals surface area contributed by atoms with Crippen molar-refractivity contribution >= 4 is 23.5 Å². The van der Waals surface area contributed by atoms with Crippen LogP contribution in [0, 0.1) is 6.92 Å². The minimum Gasteiger partial charge on any atom is -0.480 e. The van der Waals surface area contributed by atoms with Crippen molar-refractivity contribution in [1.29, 1.82) is 0 Å². The topological polar surface area (TPSA) is 97.6 Å². The number of nitrogens with zero attached hydrogens (tertiary/aromatic N) is 4. The molecule has 0 spiro atoms. The maximum absolute atomic E-state index is 12.9. The number of aryl methyl sites for hydroxylation is 1. The second-order valence-electron chi connectivity index (χ2n) is 6.04. The molecule has 0 radical (unpaired) electrons. The molecule has 3 rings (SSSR count). The van der Waals surface area contributed by atoms with E-state index in [1.807, 2.05) is 0 Å². The van der Waals surface area contributed by atoms with E-state index in [0.717, 1.165) is 0 Å². The number of aromatic nitrogens is 3. The largest absolute Gasteiger partial charge is 0.480 e. The second kappa shape index (κ2) is 7.84. The Balaban J connectivity index is 1.88. The van der Waals surface area contributed by atoms with Crippen LogP contribution < -0.4 is 0 Å². The summed E-state index contributed by atoms with van der Waals surface area (Å²) in [4.78, 5) is 29.7. The van der Waals surface area contributed by atoms with Crippen molar-refractivity contribution in [3.8, 4) is 5.69 Å². The molecule has 1 fully saturated rings. The first-order valence-corrected chi connectivity index (χ1v) is 8.63. The van der Waals surface area contributed by atoms with Crippen LogP contribution in [0.15, 0.2) is 24.3 Å². The van der Waals surface area contributed by atoms with Crippen LogP contribution in [0.5, 0.6) is 0 Å². The molecule has 0 saturated carbocycles. The predicted octanol–water partition coefficient (Wildman–Crippen LogP) is 1.93. The van der Waals surface area contributed by atoms with Crippen LogP contribution in [0.4, 0.5) is 0 Å². The number of amides is 1. The highest BCUT2D eigenvalue weighted by atomic mass is 35.5. The van der Waals surface area contributed by atoms with E-state index in [2.05, 4.69) is 10.1 Å². The Labute approximate surface area is 155 Å². The van der Waals surface area contributed by atoms with Gasteiger partial charge in [0.1, 0.15) is 12.4 Å². The molecule has 2 aromatic rings. The summed E-state index contributed by atoms with van der Waals surface area (Å²) in [5.74, 6) is -1.06. The molecule has 1 aliphatic heterocycles. The molecule has 1 aromatic carbocycles. The lowest BCUT2D eigenvalue weighted by atomic mass is 10.1. The van der Waals surface area contributed by atoms with Crippen molar-refractivity contribution in [3.63, 3.8) is 0 Å². The summed E-state index contributed by atoms with van der Waals surface area (Å²) in [6.07, 6.45) is 1.19. The lowest BCUT2D eigenvalue weighted by Crippen LogP contribution is -2.46.